The first-order valence-corrected chi connectivity index (χ1v) is 14.1. The third-order valence-corrected chi connectivity index (χ3v) is 11.5. The van der Waals surface area contributed by atoms with Crippen molar-refractivity contribution < 1.29 is 9.90 Å². The van der Waals surface area contributed by atoms with Crippen LogP contribution in [0.5, 0.6) is 0 Å². The predicted molar refractivity (Wildman–Crippen MR) is 139 cm³/mol. The fourth-order valence-corrected chi connectivity index (χ4v) is 9.39. The average Bonchev–Trinajstić information content (AvgIpc) is 3.39. The lowest BCUT2D eigenvalue weighted by Crippen LogP contribution is -2.60. The third kappa shape index (κ3) is 3.40. The number of carboxylic acids is 1. The molecular weight excluding hydrogens is 494 g/mol. The van der Waals surface area contributed by atoms with Gasteiger partial charge in [-0.3, -0.25) is 4.79 Å². The quantitative estimate of drug-likeness (QED) is 0.429. The summed E-state index contributed by atoms with van der Waals surface area (Å²) in [4.78, 5) is 13.9. The molecule has 0 bridgehead atoms. The second-order valence-electron chi connectivity index (χ2n) is 11.7. The van der Waals surface area contributed by atoms with Crippen LogP contribution in [0.1, 0.15) is 93.2 Å². The van der Waals surface area contributed by atoms with E-state index in [-0.39, 0.29) is 22.8 Å². The summed E-state index contributed by atoms with van der Waals surface area (Å²) < 4.78 is 1.03. The second kappa shape index (κ2) is 7.93. The SMILES string of the molecule is CC(C)c1ccc2c(c1)CC[C@@H]1[C@](C)(C(N)[C@@]3(C(=O)O)C[C@H]3c3cc(Br)cs3)CCC[C@]21C. The minimum atomic E-state index is -0.848. The lowest BCUT2D eigenvalue weighted by molar-refractivity contribution is -0.148. The molecule has 178 valence electrons. The van der Waals surface area contributed by atoms with Crippen LogP contribution in [0.4, 0.5) is 0 Å². The van der Waals surface area contributed by atoms with Gasteiger partial charge in [-0.2, -0.15) is 0 Å². The number of thiophene rings is 1. The van der Waals surface area contributed by atoms with Gasteiger partial charge in [0.2, 0.25) is 0 Å². The molecule has 1 aromatic heterocycles. The van der Waals surface area contributed by atoms with Gasteiger partial charge >= 0.3 is 5.97 Å². The molecule has 1 aromatic carbocycles. The van der Waals surface area contributed by atoms with E-state index in [0.717, 1.165) is 41.5 Å². The topological polar surface area (TPSA) is 63.3 Å². The van der Waals surface area contributed by atoms with E-state index in [1.165, 1.54) is 16.7 Å². The minimum Gasteiger partial charge on any atom is -0.481 e. The maximum absolute atomic E-state index is 12.8. The van der Waals surface area contributed by atoms with Gasteiger partial charge in [-0.1, -0.05) is 52.3 Å². The lowest BCUT2D eigenvalue weighted by Gasteiger charge is -2.58. The smallest absolute Gasteiger partial charge is 0.311 e. The molecule has 1 unspecified atom stereocenters. The van der Waals surface area contributed by atoms with Crippen molar-refractivity contribution in [1.29, 1.82) is 0 Å². The van der Waals surface area contributed by atoms with E-state index in [1.807, 2.05) is 0 Å². The molecule has 0 spiro atoms. The first-order valence-electron chi connectivity index (χ1n) is 12.4. The Morgan fingerprint density at radius 2 is 2.00 bits per heavy atom. The standard InChI is InChI=1S/C28H36BrNO2S/c1-16(2)17-6-8-20-18(12-17)7-9-23-26(20,3)10-5-11-27(23,4)24(30)28(25(31)32)14-21(28)22-13-19(29)15-33-22/h6,8,12-13,15-16,21,23-24H,5,7,9-11,14,30H2,1-4H3,(H,31,32)/t21-,23-,24?,26+,27+,28+/m0/s1. The summed E-state index contributed by atoms with van der Waals surface area (Å²) in [6, 6.07) is 8.85. The van der Waals surface area contributed by atoms with Crippen molar-refractivity contribution in [2.24, 2.45) is 22.5 Å². The van der Waals surface area contributed by atoms with Crippen LogP contribution in [0.2, 0.25) is 0 Å². The van der Waals surface area contributed by atoms with Crippen LogP contribution in [0.3, 0.4) is 0 Å². The Morgan fingerprint density at radius 1 is 1.24 bits per heavy atom. The number of carbonyl (C=O) groups is 1. The van der Waals surface area contributed by atoms with Crippen molar-refractivity contribution in [1.82, 2.24) is 0 Å². The van der Waals surface area contributed by atoms with Crippen LogP contribution in [-0.2, 0) is 16.6 Å². The molecule has 6 atom stereocenters. The van der Waals surface area contributed by atoms with Crippen LogP contribution in [0.25, 0.3) is 0 Å². The number of halogens is 1. The molecule has 2 fully saturated rings. The van der Waals surface area contributed by atoms with Crippen molar-refractivity contribution in [2.45, 2.75) is 89.5 Å². The normalized spacial score (nSPS) is 36.2. The molecule has 3 aliphatic carbocycles. The molecule has 0 amide bonds. The van der Waals surface area contributed by atoms with Crippen LogP contribution in [0, 0.1) is 16.7 Å². The summed E-state index contributed by atoms with van der Waals surface area (Å²) in [6.45, 7) is 9.27. The van der Waals surface area contributed by atoms with Gasteiger partial charge < -0.3 is 10.8 Å². The van der Waals surface area contributed by atoms with E-state index in [2.05, 4.69) is 73.3 Å². The summed E-state index contributed by atoms with van der Waals surface area (Å²) >= 11 is 5.19. The molecule has 3 aliphatic rings. The fourth-order valence-electron chi connectivity index (χ4n) is 7.74. The van der Waals surface area contributed by atoms with Gasteiger partial charge in [-0.05, 0) is 93.5 Å². The van der Waals surface area contributed by atoms with Crippen LogP contribution in [-0.4, -0.2) is 17.1 Å². The average molecular weight is 531 g/mol. The van der Waals surface area contributed by atoms with Gasteiger partial charge in [0.1, 0.15) is 0 Å². The molecule has 5 heteroatoms. The summed E-state index contributed by atoms with van der Waals surface area (Å²) in [7, 11) is 0. The highest BCUT2D eigenvalue weighted by Gasteiger charge is 2.70. The first kappa shape index (κ1) is 23.6. The molecule has 0 aliphatic heterocycles. The van der Waals surface area contributed by atoms with Crippen molar-refractivity contribution >= 4 is 33.2 Å². The Morgan fingerprint density at radius 3 is 2.64 bits per heavy atom. The molecular formula is C28H36BrNO2S. The maximum Gasteiger partial charge on any atom is 0.311 e. The van der Waals surface area contributed by atoms with Crippen LogP contribution in [0.15, 0.2) is 34.1 Å². The number of hydrogen-bond donors (Lipinski definition) is 2. The molecule has 5 rings (SSSR count). The largest absolute Gasteiger partial charge is 0.481 e. The van der Waals surface area contributed by atoms with Crippen LogP contribution < -0.4 is 5.73 Å². The van der Waals surface area contributed by atoms with Gasteiger partial charge in [-0.15, -0.1) is 11.3 Å². The van der Waals surface area contributed by atoms with E-state index in [4.69, 9.17) is 5.73 Å². The highest BCUT2D eigenvalue weighted by molar-refractivity contribution is 9.10. The zero-order valence-electron chi connectivity index (χ0n) is 20.2. The number of aliphatic carboxylic acids is 1. The van der Waals surface area contributed by atoms with Crippen molar-refractivity contribution in [3.05, 3.63) is 55.7 Å². The van der Waals surface area contributed by atoms with Crippen molar-refractivity contribution in [3.63, 3.8) is 0 Å². The summed E-state index contributed by atoms with van der Waals surface area (Å²) in [5.74, 6) is 0.246. The zero-order valence-corrected chi connectivity index (χ0v) is 22.6. The Hall–Kier alpha value is -1.17. The Bertz CT molecular complexity index is 1100. The van der Waals surface area contributed by atoms with Gasteiger partial charge in [0.15, 0.2) is 0 Å². The Balaban J connectivity index is 1.52. The number of fused-ring (bicyclic) bond motifs is 3. The van der Waals surface area contributed by atoms with E-state index in [9.17, 15) is 9.90 Å². The predicted octanol–water partition coefficient (Wildman–Crippen LogP) is 7.23. The van der Waals surface area contributed by atoms with Gasteiger partial charge in [-0.25, -0.2) is 0 Å². The maximum atomic E-state index is 12.8. The van der Waals surface area contributed by atoms with E-state index < -0.39 is 11.4 Å². The summed E-state index contributed by atoms with van der Waals surface area (Å²) in [6.07, 6.45) is 6.11. The summed E-state index contributed by atoms with van der Waals surface area (Å²) in [5, 5.41) is 12.5. The molecule has 0 radical (unpaired) electrons. The molecule has 2 aromatic rings. The zero-order chi connectivity index (χ0) is 23.8. The first-order chi connectivity index (χ1) is 15.5. The molecule has 2 saturated carbocycles. The van der Waals surface area contributed by atoms with Gasteiger partial charge in [0, 0.05) is 26.7 Å². The molecule has 0 saturated heterocycles. The third-order valence-electron chi connectivity index (χ3n) is 9.69. The van der Waals surface area contributed by atoms with E-state index >= 15 is 0 Å². The number of rotatable bonds is 5. The number of hydrogen-bond acceptors (Lipinski definition) is 3. The highest BCUT2D eigenvalue weighted by Crippen LogP contribution is 2.69. The van der Waals surface area contributed by atoms with Crippen LogP contribution >= 0.6 is 27.3 Å². The number of benzene rings is 1. The van der Waals surface area contributed by atoms with Gasteiger partial charge in [0.25, 0.3) is 0 Å². The molecule has 1 heterocycles. The highest BCUT2D eigenvalue weighted by atomic mass is 79.9. The van der Waals surface area contributed by atoms with E-state index in [0.29, 0.717) is 18.3 Å². The molecule has 33 heavy (non-hydrogen) atoms. The second-order valence-corrected chi connectivity index (χ2v) is 13.5. The minimum absolute atomic E-state index is 0.0239. The Kier molecular flexibility index (Phi) is 5.66. The molecule has 3 nitrogen and oxygen atoms in total. The Labute approximate surface area is 210 Å². The number of carboxylic acid groups (broad SMARTS) is 1. The lowest BCUT2D eigenvalue weighted by atomic mass is 9.47. The number of aryl methyl sites for hydroxylation is 1. The monoisotopic (exact) mass is 529 g/mol. The van der Waals surface area contributed by atoms with Crippen molar-refractivity contribution in [2.75, 3.05) is 0 Å². The fraction of sp³-hybridized carbons (Fsp3) is 0.607. The van der Waals surface area contributed by atoms with Gasteiger partial charge in [0.05, 0.1) is 5.41 Å². The summed E-state index contributed by atoms with van der Waals surface area (Å²) in [5.41, 5.74) is 10.5. The van der Waals surface area contributed by atoms with Crippen molar-refractivity contribution in [3.8, 4) is 0 Å². The number of nitrogens with two attached hydrogens (primary N) is 1. The molecule has 3 N–H and O–H groups in total. The van der Waals surface area contributed by atoms with E-state index in [1.54, 1.807) is 11.3 Å².